The van der Waals surface area contributed by atoms with E-state index in [4.69, 9.17) is 4.79 Å². The summed E-state index contributed by atoms with van der Waals surface area (Å²) in [7, 11) is -3.91. The molecule has 188 valence electrons. The SMILES string of the molecule is NC=O.O=C(NC1C2CC3CC(C2)CC1C3)C1(NS(=O)(=O)c2cccc3cccnc23)CCCC1. The highest BCUT2D eigenvalue weighted by Gasteiger charge is 2.51. The van der Waals surface area contributed by atoms with Crippen molar-refractivity contribution in [3.05, 3.63) is 36.5 Å². The van der Waals surface area contributed by atoms with Gasteiger partial charge in [-0.15, -0.1) is 0 Å². The molecule has 7 rings (SSSR count). The maximum atomic E-state index is 13.7. The highest BCUT2D eigenvalue weighted by Crippen LogP contribution is 2.53. The van der Waals surface area contributed by atoms with Crippen molar-refractivity contribution in [2.24, 2.45) is 29.4 Å². The molecule has 0 radical (unpaired) electrons. The summed E-state index contributed by atoms with van der Waals surface area (Å²) in [6.45, 7) is 0. The van der Waals surface area contributed by atoms with E-state index in [0.29, 0.717) is 30.2 Å². The fourth-order valence-corrected chi connectivity index (χ4v) is 9.01. The Morgan fingerprint density at radius 2 is 1.60 bits per heavy atom. The fourth-order valence-electron chi connectivity index (χ4n) is 7.41. The van der Waals surface area contributed by atoms with Crippen LogP contribution >= 0.6 is 0 Å². The summed E-state index contributed by atoms with van der Waals surface area (Å²) in [6.07, 6.45) is 10.9. The van der Waals surface area contributed by atoms with E-state index in [1.54, 1.807) is 24.4 Å². The summed E-state index contributed by atoms with van der Waals surface area (Å²) in [4.78, 5) is 26.7. The number of carbonyl (C=O) groups excluding carboxylic acids is 2. The number of rotatable bonds is 5. The van der Waals surface area contributed by atoms with Gasteiger partial charge in [0.1, 0.15) is 10.4 Å². The lowest BCUT2D eigenvalue weighted by atomic mass is 9.54. The number of sulfonamides is 1. The largest absolute Gasteiger partial charge is 0.372 e. The fraction of sp³-hybridized carbons (Fsp3) is 0.577. The van der Waals surface area contributed by atoms with E-state index in [1.165, 1.54) is 32.1 Å². The number of fused-ring (bicyclic) bond motifs is 1. The van der Waals surface area contributed by atoms with E-state index in [0.717, 1.165) is 30.1 Å². The number of aromatic nitrogens is 1. The van der Waals surface area contributed by atoms with Gasteiger partial charge in [0.15, 0.2) is 0 Å². The second-order valence-electron chi connectivity index (χ2n) is 10.8. The molecule has 5 aliphatic carbocycles. The summed E-state index contributed by atoms with van der Waals surface area (Å²) < 4.78 is 29.9. The number of nitrogens with zero attached hydrogens (tertiary/aromatic N) is 1. The summed E-state index contributed by atoms with van der Waals surface area (Å²) in [5, 5.41) is 4.15. The van der Waals surface area contributed by atoms with E-state index >= 15 is 0 Å². The molecule has 5 fully saturated rings. The predicted molar refractivity (Wildman–Crippen MR) is 132 cm³/mol. The van der Waals surface area contributed by atoms with Crippen molar-refractivity contribution < 1.29 is 18.0 Å². The van der Waals surface area contributed by atoms with E-state index < -0.39 is 15.6 Å². The number of amides is 2. The molecule has 0 spiro atoms. The van der Waals surface area contributed by atoms with Crippen LogP contribution in [0.2, 0.25) is 0 Å². The molecular formula is C26H34N4O4S. The Hall–Kier alpha value is -2.52. The minimum atomic E-state index is -3.91. The minimum Gasteiger partial charge on any atom is -0.372 e. The van der Waals surface area contributed by atoms with Crippen molar-refractivity contribution in [1.29, 1.82) is 0 Å². The zero-order chi connectivity index (χ0) is 24.6. The third-order valence-corrected chi connectivity index (χ3v) is 10.2. The number of benzene rings is 1. The zero-order valence-electron chi connectivity index (χ0n) is 19.9. The van der Waals surface area contributed by atoms with Gasteiger partial charge in [-0.05, 0) is 80.8 Å². The van der Waals surface area contributed by atoms with Crippen molar-refractivity contribution in [2.75, 3.05) is 0 Å². The first kappa shape index (κ1) is 24.2. The number of pyridine rings is 1. The van der Waals surface area contributed by atoms with Crippen LogP contribution in [-0.4, -0.2) is 37.3 Å². The molecule has 0 aliphatic heterocycles. The molecule has 4 bridgehead atoms. The van der Waals surface area contributed by atoms with E-state index in [-0.39, 0.29) is 23.3 Å². The van der Waals surface area contributed by atoms with Gasteiger partial charge in [0.05, 0.1) is 5.52 Å². The molecule has 2 amide bonds. The summed E-state index contributed by atoms with van der Waals surface area (Å²) >= 11 is 0. The lowest BCUT2D eigenvalue weighted by Crippen LogP contribution is -2.63. The van der Waals surface area contributed by atoms with Crippen molar-refractivity contribution in [3.63, 3.8) is 0 Å². The Bertz CT molecular complexity index is 1180. The van der Waals surface area contributed by atoms with E-state index in [1.807, 2.05) is 12.1 Å². The summed E-state index contributed by atoms with van der Waals surface area (Å²) in [5.41, 5.74) is 3.54. The summed E-state index contributed by atoms with van der Waals surface area (Å²) in [5.74, 6) is 2.68. The van der Waals surface area contributed by atoms with Gasteiger partial charge in [-0.25, -0.2) is 8.42 Å². The Labute approximate surface area is 206 Å². The molecule has 1 aromatic heterocycles. The van der Waals surface area contributed by atoms with Crippen molar-refractivity contribution in [1.82, 2.24) is 15.0 Å². The van der Waals surface area contributed by atoms with Gasteiger partial charge >= 0.3 is 0 Å². The number of nitrogens with two attached hydrogens (primary N) is 1. The first-order chi connectivity index (χ1) is 16.8. The van der Waals surface area contributed by atoms with Crippen LogP contribution in [0.5, 0.6) is 0 Å². The number of hydrogen-bond acceptors (Lipinski definition) is 5. The molecule has 1 heterocycles. The van der Waals surface area contributed by atoms with Crippen LogP contribution in [-0.2, 0) is 19.6 Å². The minimum absolute atomic E-state index is 0.121. The molecule has 5 saturated carbocycles. The van der Waals surface area contributed by atoms with E-state index in [2.05, 4.69) is 20.8 Å². The first-order valence-electron chi connectivity index (χ1n) is 12.7. The molecule has 5 aliphatic rings. The lowest BCUT2D eigenvalue weighted by Gasteiger charge is -2.54. The Kier molecular flexibility index (Phi) is 6.57. The molecule has 8 nitrogen and oxygen atoms in total. The molecule has 0 atom stereocenters. The van der Waals surface area contributed by atoms with Gasteiger partial charge in [-0.2, -0.15) is 4.72 Å². The number of primary amides is 1. The van der Waals surface area contributed by atoms with Crippen molar-refractivity contribution in [3.8, 4) is 0 Å². The van der Waals surface area contributed by atoms with Gasteiger partial charge in [0.25, 0.3) is 0 Å². The van der Waals surface area contributed by atoms with E-state index in [9.17, 15) is 13.2 Å². The highest BCUT2D eigenvalue weighted by molar-refractivity contribution is 7.89. The lowest BCUT2D eigenvalue weighted by molar-refractivity contribution is -0.130. The van der Waals surface area contributed by atoms with Crippen molar-refractivity contribution >= 4 is 33.2 Å². The van der Waals surface area contributed by atoms with Crippen LogP contribution < -0.4 is 15.8 Å². The average Bonchev–Trinajstić information content (AvgIpc) is 3.30. The molecule has 0 unspecified atom stereocenters. The number of carbonyl (C=O) groups is 2. The maximum absolute atomic E-state index is 13.7. The maximum Gasteiger partial charge on any atom is 0.243 e. The highest BCUT2D eigenvalue weighted by atomic mass is 32.2. The smallest absolute Gasteiger partial charge is 0.243 e. The number of hydrogen-bond donors (Lipinski definition) is 3. The monoisotopic (exact) mass is 498 g/mol. The Balaban J connectivity index is 0.000000806. The number of nitrogens with one attached hydrogen (secondary N) is 2. The van der Waals surface area contributed by atoms with Crippen LogP contribution in [0.25, 0.3) is 10.9 Å². The van der Waals surface area contributed by atoms with Crippen LogP contribution in [0, 0.1) is 23.7 Å². The van der Waals surface area contributed by atoms with Crippen LogP contribution in [0.1, 0.15) is 57.8 Å². The Morgan fingerprint density at radius 3 is 2.23 bits per heavy atom. The third kappa shape index (κ3) is 4.56. The predicted octanol–water partition coefficient (Wildman–Crippen LogP) is 2.87. The molecule has 2 aromatic rings. The van der Waals surface area contributed by atoms with Crippen LogP contribution in [0.4, 0.5) is 0 Å². The zero-order valence-corrected chi connectivity index (χ0v) is 20.7. The molecule has 0 saturated heterocycles. The second kappa shape index (κ2) is 9.50. The molecule has 4 N–H and O–H groups in total. The topological polar surface area (TPSA) is 131 Å². The number of para-hydroxylation sites is 1. The van der Waals surface area contributed by atoms with Crippen LogP contribution in [0.3, 0.4) is 0 Å². The first-order valence-corrected chi connectivity index (χ1v) is 14.2. The molecule has 1 aromatic carbocycles. The second-order valence-corrected chi connectivity index (χ2v) is 12.4. The van der Waals surface area contributed by atoms with Crippen LogP contribution in [0.15, 0.2) is 41.4 Å². The standard InChI is InChI=1S/C25H31N3O3S.CH3NO/c29-24(27-22-19-12-16-11-17(14-19)15-20(22)13-16)25(8-1-2-9-25)28-32(30,31)21-7-3-5-18-6-4-10-26-23(18)21;2-1-3/h3-7,10,16-17,19-20,22,28H,1-2,8-9,11-15H2,(H,27,29);1H,(H2,2,3). The average molecular weight is 499 g/mol. The quantitative estimate of drug-likeness (QED) is 0.546. The van der Waals surface area contributed by atoms with Gasteiger partial charge in [0.2, 0.25) is 22.3 Å². The van der Waals surface area contributed by atoms with Gasteiger partial charge in [0, 0.05) is 17.6 Å². The van der Waals surface area contributed by atoms with Gasteiger partial charge in [-0.3, -0.25) is 14.6 Å². The Morgan fingerprint density at radius 1 is 1.00 bits per heavy atom. The third-order valence-electron chi connectivity index (χ3n) is 8.63. The normalized spacial score (nSPS) is 30.5. The van der Waals surface area contributed by atoms with Gasteiger partial charge < -0.3 is 11.1 Å². The van der Waals surface area contributed by atoms with Crippen molar-refractivity contribution in [2.45, 2.75) is 74.3 Å². The summed E-state index contributed by atoms with van der Waals surface area (Å²) in [6, 6.07) is 9.02. The molecular weight excluding hydrogens is 464 g/mol. The molecule has 35 heavy (non-hydrogen) atoms. The van der Waals surface area contributed by atoms with Gasteiger partial charge in [-0.1, -0.05) is 31.0 Å². The molecule has 9 heteroatoms.